The molecule has 0 spiro atoms. The molecule has 0 aliphatic heterocycles. The standard InChI is InChI=1S/C57H54Cl2N2O26/c1-6-51(64)79-14-15-81-53(66)9-11-76-29-36-23-43(60(71)72)38(24-45(36)75-5)31(3)85-50-27-48-34(22-42(50)59)19-40(57(70)87-48)55(68)83-17-16-82-54(67)39-18-33-21-41(58)49(26-47(33)86-56(39)69)84-30(2)37-20-35(28-62)46(25-44(37)61(73)74)78-10-7-8-52(65)80-13-12-77-32(4)63/h6,18-27,30-31,62H,1,7-17,28-29H2,2-5H3. The molecule has 0 saturated carbocycles. The normalized spacial score (nSPS) is 11.6. The van der Waals surface area contributed by atoms with E-state index in [-0.39, 0.29) is 148 Å². The van der Waals surface area contributed by atoms with E-state index in [1.165, 1.54) is 70.3 Å². The number of carbonyl (C=O) groups is 6. The third-order valence-corrected chi connectivity index (χ3v) is 12.7. The van der Waals surface area contributed by atoms with Crippen LogP contribution < -0.4 is 30.2 Å². The first-order valence-electron chi connectivity index (χ1n) is 26.0. The van der Waals surface area contributed by atoms with Crippen LogP contribution in [0.4, 0.5) is 11.4 Å². The molecule has 6 rings (SSSR count). The lowest BCUT2D eigenvalue weighted by atomic mass is 10.0. The van der Waals surface area contributed by atoms with Crippen LogP contribution >= 0.6 is 23.2 Å². The largest absolute Gasteiger partial charge is 0.496 e. The molecular formula is C57H54Cl2N2O26. The highest BCUT2D eigenvalue weighted by atomic mass is 35.5. The molecule has 28 nitrogen and oxygen atoms in total. The maximum atomic E-state index is 13.1. The van der Waals surface area contributed by atoms with Gasteiger partial charge in [-0.2, -0.15) is 0 Å². The van der Waals surface area contributed by atoms with E-state index in [1.54, 1.807) is 0 Å². The van der Waals surface area contributed by atoms with Crippen molar-refractivity contribution in [3.05, 3.63) is 158 Å². The molecule has 0 saturated heterocycles. The maximum absolute atomic E-state index is 13.1. The summed E-state index contributed by atoms with van der Waals surface area (Å²) >= 11 is 13.1. The van der Waals surface area contributed by atoms with E-state index in [1.807, 2.05) is 0 Å². The van der Waals surface area contributed by atoms with Crippen molar-refractivity contribution in [3.8, 4) is 23.0 Å². The van der Waals surface area contributed by atoms with Gasteiger partial charge in [0.25, 0.3) is 11.4 Å². The van der Waals surface area contributed by atoms with Crippen LogP contribution in [0, 0.1) is 20.2 Å². The van der Waals surface area contributed by atoms with Gasteiger partial charge in [-0.25, -0.2) is 24.0 Å². The number of nitrogens with zero attached hydrogens (tertiary/aromatic N) is 2. The Kier molecular flexibility index (Phi) is 24.1. The topological polar surface area (TPSA) is 371 Å². The summed E-state index contributed by atoms with van der Waals surface area (Å²) in [6.45, 7) is 4.62. The number of halogens is 2. The number of benzene rings is 4. The van der Waals surface area contributed by atoms with Gasteiger partial charge in [0.1, 0.15) is 97.1 Å². The molecule has 0 radical (unpaired) electrons. The number of hydrogen-bond acceptors (Lipinski definition) is 26. The van der Waals surface area contributed by atoms with E-state index in [0.717, 1.165) is 24.3 Å². The van der Waals surface area contributed by atoms with Crippen molar-refractivity contribution in [1.82, 2.24) is 0 Å². The first-order chi connectivity index (χ1) is 41.5. The van der Waals surface area contributed by atoms with Gasteiger partial charge in [-0.3, -0.25) is 34.6 Å². The Morgan fingerprint density at radius 3 is 1.61 bits per heavy atom. The van der Waals surface area contributed by atoms with Crippen LogP contribution in [0.25, 0.3) is 21.9 Å². The number of nitro groups is 2. The fraction of sp³-hybridized carbons (Fsp3) is 0.333. The van der Waals surface area contributed by atoms with Gasteiger partial charge in [0.2, 0.25) is 0 Å². The van der Waals surface area contributed by atoms with Crippen LogP contribution in [0.2, 0.25) is 10.0 Å². The Hall–Kier alpha value is -9.64. The molecule has 2 atom stereocenters. The molecule has 0 fully saturated rings. The van der Waals surface area contributed by atoms with Crippen LogP contribution in [-0.2, 0) is 65.5 Å². The van der Waals surface area contributed by atoms with E-state index < -0.39 is 106 Å². The van der Waals surface area contributed by atoms with Crippen molar-refractivity contribution in [3.63, 3.8) is 0 Å². The first-order valence-corrected chi connectivity index (χ1v) is 26.7. The predicted molar refractivity (Wildman–Crippen MR) is 301 cm³/mol. The zero-order valence-electron chi connectivity index (χ0n) is 46.7. The van der Waals surface area contributed by atoms with E-state index >= 15 is 0 Å². The lowest BCUT2D eigenvalue weighted by molar-refractivity contribution is -0.386. The molecule has 462 valence electrons. The Morgan fingerprint density at radius 1 is 0.609 bits per heavy atom. The highest BCUT2D eigenvalue weighted by molar-refractivity contribution is 6.33. The molecule has 87 heavy (non-hydrogen) atoms. The van der Waals surface area contributed by atoms with E-state index in [4.69, 9.17) is 84.1 Å². The number of hydrogen-bond donors (Lipinski definition) is 1. The minimum atomic E-state index is -1.19. The van der Waals surface area contributed by atoms with Crippen LogP contribution in [0.5, 0.6) is 23.0 Å². The molecule has 2 unspecified atom stereocenters. The second-order valence-corrected chi connectivity index (χ2v) is 19.0. The number of methoxy groups -OCH3 is 1. The highest BCUT2D eigenvalue weighted by Crippen LogP contribution is 2.40. The molecule has 0 aliphatic rings. The predicted octanol–water partition coefficient (Wildman–Crippen LogP) is 8.26. The van der Waals surface area contributed by atoms with Crippen LogP contribution in [-0.4, -0.2) is 111 Å². The summed E-state index contributed by atoms with van der Waals surface area (Å²) in [5, 5.41) is 34.7. The maximum Gasteiger partial charge on any atom is 0.351 e. The third kappa shape index (κ3) is 18.4. The molecule has 0 aliphatic carbocycles. The third-order valence-electron chi connectivity index (χ3n) is 12.1. The quantitative estimate of drug-likeness (QED) is 0.00789. The van der Waals surface area contributed by atoms with Crippen molar-refractivity contribution in [2.45, 2.75) is 65.5 Å². The summed E-state index contributed by atoms with van der Waals surface area (Å²) in [6, 6.07) is 12.3. The number of nitro benzene ring substituents is 2. The number of fused-ring (bicyclic) bond motifs is 2. The molecule has 2 heterocycles. The molecule has 30 heteroatoms. The lowest BCUT2D eigenvalue weighted by Gasteiger charge is -2.19. The van der Waals surface area contributed by atoms with E-state index in [2.05, 4.69) is 6.58 Å². The minimum Gasteiger partial charge on any atom is -0.496 e. The molecule has 0 amide bonds. The van der Waals surface area contributed by atoms with E-state index in [0.29, 0.717) is 0 Å². The van der Waals surface area contributed by atoms with Crippen LogP contribution in [0.1, 0.15) is 95.2 Å². The summed E-state index contributed by atoms with van der Waals surface area (Å²) in [6.07, 6.45) is -1.32. The zero-order chi connectivity index (χ0) is 63.5. The van der Waals surface area contributed by atoms with Crippen molar-refractivity contribution >= 4 is 92.3 Å². The second kappa shape index (κ2) is 31.5. The van der Waals surface area contributed by atoms with Gasteiger partial charge in [0, 0.05) is 59.5 Å². The molecule has 2 aromatic heterocycles. The monoisotopic (exact) mass is 1250 g/mol. The molecule has 4 aromatic carbocycles. The van der Waals surface area contributed by atoms with Gasteiger partial charge < -0.3 is 66.0 Å². The molecular weight excluding hydrogens is 1200 g/mol. The fourth-order valence-electron chi connectivity index (χ4n) is 8.01. The van der Waals surface area contributed by atoms with Crippen molar-refractivity contribution in [1.29, 1.82) is 0 Å². The van der Waals surface area contributed by atoms with Gasteiger partial charge in [-0.15, -0.1) is 0 Å². The Morgan fingerprint density at radius 2 is 1.10 bits per heavy atom. The lowest BCUT2D eigenvalue weighted by Crippen LogP contribution is -2.21. The average Bonchev–Trinajstić information content (AvgIpc) is 1.11. The van der Waals surface area contributed by atoms with Crippen LogP contribution in [0.15, 0.2) is 91.7 Å². The summed E-state index contributed by atoms with van der Waals surface area (Å²) in [7, 11) is 1.33. The van der Waals surface area contributed by atoms with Gasteiger partial charge in [0.15, 0.2) is 0 Å². The zero-order valence-corrected chi connectivity index (χ0v) is 48.2. The summed E-state index contributed by atoms with van der Waals surface area (Å²) in [4.78, 5) is 121. The van der Waals surface area contributed by atoms with Crippen molar-refractivity contribution in [2.24, 2.45) is 0 Å². The summed E-state index contributed by atoms with van der Waals surface area (Å²) < 4.78 is 69.0. The number of esters is 6. The van der Waals surface area contributed by atoms with Crippen molar-refractivity contribution in [2.75, 3.05) is 60.0 Å². The number of carbonyl (C=O) groups excluding carboxylic acids is 6. The van der Waals surface area contributed by atoms with Crippen molar-refractivity contribution < 1.29 is 105 Å². The first kappa shape index (κ1) is 66.5. The Bertz CT molecular complexity index is 3730. The number of aliphatic hydroxyl groups is 1. The smallest absolute Gasteiger partial charge is 0.351 e. The molecule has 6 aromatic rings. The minimum absolute atomic E-state index is 0.000647. The van der Waals surface area contributed by atoms with E-state index in [9.17, 15) is 63.7 Å². The number of rotatable bonds is 32. The second-order valence-electron chi connectivity index (χ2n) is 18.1. The van der Waals surface area contributed by atoms with Gasteiger partial charge >= 0.3 is 47.1 Å². The van der Waals surface area contributed by atoms with Gasteiger partial charge in [-0.1, -0.05) is 29.8 Å². The summed E-state index contributed by atoms with van der Waals surface area (Å²) in [5.41, 5.74) is -4.05. The number of aliphatic hydroxyl groups excluding tert-OH is 1. The Balaban J connectivity index is 1.03. The summed E-state index contributed by atoms with van der Waals surface area (Å²) in [5.74, 6) is -4.81. The van der Waals surface area contributed by atoms with Gasteiger partial charge in [0.05, 0.1) is 77.0 Å². The highest BCUT2D eigenvalue weighted by Gasteiger charge is 2.28. The fourth-order valence-corrected chi connectivity index (χ4v) is 8.44. The Labute approximate surface area is 501 Å². The van der Waals surface area contributed by atoms with Crippen LogP contribution in [0.3, 0.4) is 0 Å². The molecule has 0 bridgehead atoms. The number of ether oxygens (including phenoxy) is 11. The van der Waals surface area contributed by atoms with Gasteiger partial charge in [-0.05, 0) is 56.7 Å². The average molecular weight is 1250 g/mol. The molecule has 1 N–H and O–H groups in total. The SMILES string of the molecule is C=CC(=O)OCCOC(=O)CCOCc1cc([N+](=O)[O-])c(C(C)Oc2cc3oc(=O)c(C(=O)OCCOC(=O)c4cc5cc(Cl)c(OC(C)c6cc(CO)c(OCCCC(=O)OCCOC(C)=O)cc6[N+](=O)[O-])cc5oc4=O)cc3cc2Cl)cc1OC.